The lowest BCUT2D eigenvalue weighted by Gasteiger charge is -2.06. The van der Waals surface area contributed by atoms with E-state index in [2.05, 4.69) is 15.4 Å². The van der Waals surface area contributed by atoms with Crippen LogP contribution in [-0.4, -0.2) is 20.7 Å². The van der Waals surface area contributed by atoms with Gasteiger partial charge in [-0.2, -0.15) is 0 Å². The van der Waals surface area contributed by atoms with Crippen LogP contribution in [0.15, 0.2) is 66.7 Å². The van der Waals surface area contributed by atoms with E-state index in [0.29, 0.717) is 32.8 Å². The summed E-state index contributed by atoms with van der Waals surface area (Å²) in [5.74, 6) is -0.640. The zero-order valence-electron chi connectivity index (χ0n) is 15.1. The fraction of sp³-hybridized carbons (Fsp3) is 0. The molecule has 0 radical (unpaired) electrons. The number of nitrogens with one attached hydrogen (secondary N) is 1. The lowest BCUT2D eigenvalue weighted by atomic mass is 10.2. The molecule has 0 fully saturated rings. The average molecular weight is 462 g/mol. The van der Waals surface area contributed by atoms with Gasteiger partial charge in [-0.15, -0.1) is 5.10 Å². The fourth-order valence-electron chi connectivity index (χ4n) is 2.73. The zero-order valence-corrected chi connectivity index (χ0v) is 17.4. The molecule has 0 aliphatic heterocycles. The Bertz CT molecular complexity index is 1160. The Hall–Kier alpha value is -2.93. The third kappa shape index (κ3) is 4.31. The van der Waals surface area contributed by atoms with Crippen molar-refractivity contribution in [3.8, 4) is 17.1 Å². The van der Waals surface area contributed by atoms with Gasteiger partial charge in [0, 0.05) is 15.6 Å². The number of benzene rings is 3. The van der Waals surface area contributed by atoms with Gasteiger partial charge in [-0.3, -0.25) is 4.79 Å². The smallest absolute Gasteiger partial charge is 0.295 e. The van der Waals surface area contributed by atoms with Crippen LogP contribution in [0, 0.1) is 5.82 Å². The van der Waals surface area contributed by atoms with Gasteiger partial charge in [-0.05, 0) is 66.7 Å². The summed E-state index contributed by atoms with van der Waals surface area (Å²) in [5, 5.41) is 8.28. The Morgan fingerprint density at radius 2 is 1.57 bits per heavy atom. The van der Waals surface area contributed by atoms with Crippen LogP contribution in [0.4, 0.5) is 10.1 Å². The normalized spacial score (nSPS) is 10.8. The molecule has 0 spiro atoms. The van der Waals surface area contributed by atoms with E-state index < -0.39 is 5.91 Å². The zero-order chi connectivity index (χ0) is 21.3. The lowest BCUT2D eigenvalue weighted by molar-refractivity contribution is 0.101. The summed E-state index contributed by atoms with van der Waals surface area (Å²) in [4.78, 5) is 17.2. The van der Waals surface area contributed by atoms with Crippen molar-refractivity contribution < 1.29 is 9.18 Å². The molecule has 9 heteroatoms. The monoisotopic (exact) mass is 460 g/mol. The van der Waals surface area contributed by atoms with Gasteiger partial charge in [0.1, 0.15) is 5.82 Å². The fourth-order valence-corrected chi connectivity index (χ4v) is 3.31. The minimum absolute atomic E-state index is 0.0877. The second kappa shape index (κ2) is 8.44. The van der Waals surface area contributed by atoms with Crippen LogP contribution in [0.2, 0.25) is 15.1 Å². The number of rotatable bonds is 4. The Kier molecular flexibility index (Phi) is 5.72. The van der Waals surface area contributed by atoms with Crippen molar-refractivity contribution in [3.63, 3.8) is 0 Å². The van der Waals surface area contributed by atoms with Crippen LogP contribution >= 0.6 is 34.8 Å². The van der Waals surface area contributed by atoms with Gasteiger partial charge in [0.15, 0.2) is 5.82 Å². The third-order valence-electron chi connectivity index (χ3n) is 4.16. The van der Waals surface area contributed by atoms with Gasteiger partial charge in [0.05, 0.1) is 16.4 Å². The second-order valence-corrected chi connectivity index (χ2v) is 7.51. The second-order valence-electron chi connectivity index (χ2n) is 6.23. The molecule has 0 aliphatic carbocycles. The number of hydrogen-bond donors (Lipinski definition) is 1. The van der Waals surface area contributed by atoms with Crippen molar-refractivity contribution in [2.75, 3.05) is 5.32 Å². The van der Waals surface area contributed by atoms with Crippen molar-refractivity contribution in [1.82, 2.24) is 14.8 Å². The highest BCUT2D eigenvalue weighted by molar-refractivity contribution is 6.36. The first-order chi connectivity index (χ1) is 14.4. The highest BCUT2D eigenvalue weighted by Gasteiger charge is 2.20. The summed E-state index contributed by atoms with van der Waals surface area (Å²) in [6, 6.07) is 17.3. The molecule has 1 amide bonds. The average Bonchev–Trinajstić information content (AvgIpc) is 3.17. The Labute approximate surface area is 186 Å². The molecule has 30 heavy (non-hydrogen) atoms. The SMILES string of the molecule is O=C(Nc1ccc(Cl)cc1Cl)c1nc(-c2ccc(Cl)cc2)n(-c2ccc(F)cc2)n1. The van der Waals surface area contributed by atoms with Crippen molar-refractivity contribution in [2.24, 2.45) is 0 Å². The van der Waals surface area contributed by atoms with Crippen molar-refractivity contribution in [2.45, 2.75) is 0 Å². The maximum Gasteiger partial charge on any atom is 0.295 e. The van der Waals surface area contributed by atoms with Gasteiger partial charge in [-0.1, -0.05) is 34.8 Å². The lowest BCUT2D eigenvalue weighted by Crippen LogP contribution is -2.14. The molecular weight excluding hydrogens is 450 g/mol. The van der Waals surface area contributed by atoms with Crippen LogP contribution in [0.25, 0.3) is 17.1 Å². The molecule has 1 N–H and O–H groups in total. The molecule has 1 heterocycles. The molecule has 0 saturated carbocycles. The number of nitrogens with zero attached hydrogens (tertiary/aromatic N) is 3. The van der Waals surface area contributed by atoms with E-state index in [-0.39, 0.29) is 16.7 Å². The van der Waals surface area contributed by atoms with Gasteiger partial charge in [0.25, 0.3) is 5.91 Å². The summed E-state index contributed by atoms with van der Waals surface area (Å²) < 4.78 is 14.8. The number of carbonyl (C=O) groups is 1. The van der Waals surface area contributed by atoms with Crippen molar-refractivity contribution in [1.29, 1.82) is 0 Å². The molecule has 0 saturated heterocycles. The largest absolute Gasteiger partial charge is 0.318 e. The number of anilines is 1. The van der Waals surface area contributed by atoms with Gasteiger partial charge >= 0.3 is 0 Å². The van der Waals surface area contributed by atoms with E-state index in [1.807, 2.05) is 0 Å². The standard InChI is InChI=1S/C21H12Cl3FN4O/c22-13-3-1-12(2-4-13)20-27-19(28-29(20)16-8-6-15(25)7-9-16)21(30)26-18-10-5-14(23)11-17(18)24/h1-11H,(H,26,30). The van der Waals surface area contributed by atoms with E-state index in [9.17, 15) is 9.18 Å². The molecule has 1 aromatic heterocycles. The highest BCUT2D eigenvalue weighted by atomic mass is 35.5. The molecule has 150 valence electrons. The maximum atomic E-state index is 13.4. The Morgan fingerprint density at radius 1 is 0.900 bits per heavy atom. The summed E-state index contributed by atoms with van der Waals surface area (Å²) in [6.45, 7) is 0. The molecule has 4 rings (SSSR count). The number of carbonyl (C=O) groups excluding carboxylic acids is 1. The van der Waals surface area contributed by atoms with Crippen LogP contribution < -0.4 is 5.32 Å². The topological polar surface area (TPSA) is 59.8 Å². The molecule has 0 aliphatic rings. The van der Waals surface area contributed by atoms with Crippen molar-refractivity contribution >= 4 is 46.4 Å². The highest BCUT2D eigenvalue weighted by Crippen LogP contribution is 2.27. The molecular formula is C21H12Cl3FN4O. The first kappa shape index (κ1) is 20.3. The van der Waals surface area contributed by atoms with Crippen LogP contribution in [0.1, 0.15) is 10.6 Å². The van der Waals surface area contributed by atoms with Gasteiger partial charge < -0.3 is 5.32 Å². The summed E-state index contributed by atoms with van der Waals surface area (Å²) in [5.41, 5.74) is 1.59. The van der Waals surface area contributed by atoms with E-state index in [1.165, 1.54) is 22.9 Å². The minimum Gasteiger partial charge on any atom is -0.318 e. The summed E-state index contributed by atoms with van der Waals surface area (Å²) >= 11 is 18.0. The number of aromatic nitrogens is 3. The van der Waals surface area contributed by atoms with Gasteiger partial charge in [0.2, 0.25) is 5.82 Å². The first-order valence-corrected chi connectivity index (χ1v) is 9.79. The van der Waals surface area contributed by atoms with E-state index >= 15 is 0 Å². The van der Waals surface area contributed by atoms with E-state index in [1.54, 1.807) is 48.5 Å². The van der Waals surface area contributed by atoms with Crippen LogP contribution in [0.5, 0.6) is 0 Å². The summed E-state index contributed by atoms with van der Waals surface area (Å²) in [7, 11) is 0. The maximum absolute atomic E-state index is 13.4. The molecule has 0 bridgehead atoms. The van der Waals surface area contributed by atoms with E-state index in [4.69, 9.17) is 34.8 Å². The Balaban J connectivity index is 1.75. The Morgan fingerprint density at radius 3 is 2.23 bits per heavy atom. The number of halogens is 4. The summed E-state index contributed by atoms with van der Waals surface area (Å²) in [6.07, 6.45) is 0. The number of hydrogen-bond acceptors (Lipinski definition) is 3. The molecule has 4 aromatic rings. The minimum atomic E-state index is -0.560. The first-order valence-electron chi connectivity index (χ1n) is 8.66. The quantitative estimate of drug-likeness (QED) is 0.389. The van der Waals surface area contributed by atoms with Crippen LogP contribution in [-0.2, 0) is 0 Å². The number of amides is 1. The van der Waals surface area contributed by atoms with Gasteiger partial charge in [-0.25, -0.2) is 14.1 Å². The molecule has 5 nitrogen and oxygen atoms in total. The van der Waals surface area contributed by atoms with Crippen LogP contribution in [0.3, 0.4) is 0 Å². The van der Waals surface area contributed by atoms with E-state index in [0.717, 1.165) is 0 Å². The molecule has 0 atom stereocenters. The predicted molar refractivity (Wildman–Crippen MR) is 116 cm³/mol. The molecule has 0 unspecified atom stereocenters. The molecule has 3 aromatic carbocycles. The van der Waals surface area contributed by atoms with Crippen molar-refractivity contribution in [3.05, 3.63) is 93.4 Å². The predicted octanol–water partition coefficient (Wildman–Crippen LogP) is 6.29. The third-order valence-corrected chi connectivity index (χ3v) is 4.96.